The molecule has 3 aromatic rings. The highest BCUT2D eigenvalue weighted by atomic mass is 16.5. The maximum absolute atomic E-state index is 12.9. The van der Waals surface area contributed by atoms with E-state index in [9.17, 15) is 9.59 Å². The lowest BCUT2D eigenvalue weighted by molar-refractivity contribution is -0.123. The molecule has 3 rings (SSSR count). The molecule has 7 nitrogen and oxygen atoms in total. The number of carbonyl (C=O) groups excluding carboxylic acids is 2. The highest BCUT2D eigenvalue weighted by molar-refractivity contribution is 5.98. The van der Waals surface area contributed by atoms with Crippen LogP contribution >= 0.6 is 0 Å². The first-order valence-corrected chi connectivity index (χ1v) is 9.58. The van der Waals surface area contributed by atoms with Gasteiger partial charge in [-0.05, 0) is 35.9 Å². The van der Waals surface area contributed by atoms with Crippen LogP contribution in [0.15, 0.2) is 84.0 Å². The van der Waals surface area contributed by atoms with Gasteiger partial charge in [-0.1, -0.05) is 48.5 Å². The third kappa shape index (κ3) is 5.70. The van der Waals surface area contributed by atoms with E-state index in [1.54, 1.807) is 80.9 Å². The zero-order valence-corrected chi connectivity index (χ0v) is 17.2. The fourth-order valence-corrected chi connectivity index (χ4v) is 2.92. The van der Waals surface area contributed by atoms with Crippen LogP contribution in [0.25, 0.3) is 0 Å². The zero-order chi connectivity index (χ0) is 22.1. The van der Waals surface area contributed by atoms with Crippen molar-refractivity contribution in [3.63, 3.8) is 0 Å². The first-order valence-electron chi connectivity index (χ1n) is 9.58. The van der Waals surface area contributed by atoms with E-state index in [0.717, 1.165) is 0 Å². The van der Waals surface area contributed by atoms with Crippen molar-refractivity contribution in [3.8, 4) is 11.5 Å². The molecule has 3 aromatic carbocycles. The number of carbonyl (C=O) groups is 2. The molecule has 2 N–H and O–H groups in total. The van der Waals surface area contributed by atoms with E-state index >= 15 is 0 Å². The molecule has 0 bridgehead atoms. The standard InChI is InChI=1S/C24H23N3O4/c1-30-20-13-14-21(31-2)19(15-20)16-25-27-24(29)22(17-9-5-3-6-10-17)26-23(28)18-11-7-4-8-12-18/h3-16,22H,1-2H3,(H,26,28)(H,27,29)/b25-16-/t22-/m1/s1. The summed E-state index contributed by atoms with van der Waals surface area (Å²) in [5.41, 5.74) is 4.22. The Bertz CT molecular complexity index is 1050. The number of nitrogens with zero attached hydrogens (tertiary/aromatic N) is 1. The number of hydrazone groups is 1. The van der Waals surface area contributed by atoms with Gasteiger partial charge in [-0.2, -0.15) is 5.10 Å². The van der Waals surface area contributed by atoms with E-state index < -0.39 is 11.9 Å². The normalized spacial score (nSPS) is 11.5. The van der Waals surface area contributed by atoms with Crippen molar-refractivity contribution in [1.82, 2.24) is 10.7 Å². The van der Waals surface area contributed by atoms with Crippen LogP contribution in [-0.4, -0.2) is 32.2 Å². The molecule has 2 amide bonds. The smallest absolute Gasteiger partial charge is 0.267 e. The summed E-state index contributed by atoms with van der Waals surface area (Å²) < 4.78 is 10.5. The predicted octanol–water partition coefficient (Wildman–Crippen LogP) is 3.33. The topological polar surface area (TPSA) is 89.0 Å². The molecule has 0 aromatic heterocycles. The molecular weight excluding hydrogens is 394 g/mol. The number of hydrogen-bond donors (Lipinski definition) is 2. The molecule has 0 aliphatic heterocycles. The van der Waals surface area contributed by atoms with Crippen molar-refractivity contribution in [2.75, 3.05) is 14.2 Å². The third-order valence-corrected chi connectivity index (χ3v) is 4.52. The van der Waals surface area contributed by atoms with Gasteiger partial charge in [0, 0.05) is 11.1 Å². The molecule has 31 heavy (non-hydrogen) atoms. The fourth-order valence-electron chi connectivity index (χ4n) is 2.92. The van der Waals surface area contributed by atoms with Crippen LogP contribution in [-0.2, 0) is 4.79 Å². The van der Waals surface area contributed by atoms with Gasteiger partial charge in [-0.25, -0.2) is 5.43 Å². The van der Waals surface area contributed by atoms with E-state index in [-0.39, 0.29) is 5.91 Å². The van der Waals surface area contributed by atoms with Crippen LogP contribution in [0.1, 0.15) is 27.5 Å². The van der Waals surface area contributed by atoms with Gasteiger partial charge in [-0.3, -0.25) is 9.59 Å². The highest BCUT2D eigenvalue weighted by Gasteiger charge is 2.23. The molecule has 0 fully saturated rings. The number of rotatable bonds is 8. The van der Waals surface area contributed by atoms with Crippen LogP contribution in [0.2, 0.25) is 0 Å². The van der Waals surface area contributed by atoms with Crippen molar-refractivity contribution in [1.29, 1.82) is 0 Å². The molecule has 0 heterocycles. The second-order valence-corrected chi connectivity index (χ2v) is 6.53. The second kappa shape index (κ2) is 10.6. The summed E-state index contributed by atoms with van der Waals surface area (Å²) in [7, 11) is 3.10. The van der Waals surface area contributed by atoms with E-state index in [4.69, 9.17) is 9.47 Å². The number of methoxy groups -OCH3 is 2. The largest absolute Gasteiger partial charge is 0.497 e. The van der Waals surface area contributed by atoms with Crippen molar-refractivity contribution < 1.29 is 19.1 Å². The van der Waals surface area contributed by atoms with Crippen molar-refractivity contribution in [3.05, 3.63) is 95.6 Å². The number of nitrogens with one attached hydrogen (secondary N) is 2. The van der Waals surface area contributed by atoms with Gasteiger partial charge in [0.25, 0.3) is 11.8 Å². The Hall–Kier alpha value is -4.13. The van der Waals surface area contributed by atoms with Crippen molar-refractivity contribution in [2.45, 2.75) is 6.04 Å². The average molecular weight is 417 g/mol. The van der Waals surface area contributed by atoms with Gasteiger partial charge in [0.1, 0.15) is 17.5 Å². The second-order valence-electron chi connectivity index (χ2n) is 6.53. The predicted molar refractivity (Wildman–Crippen MR) is 118 cm³/mol. The lowest BCUT2D eigenvalue weighted by atomic mass is 10.1. The van der Waals surface area contributed by atoms with Gasteiger partial charge >= 0.3 is 0 Å². The molecule has 0 spiro atoms. The summed E-state index contributed by atoms with van der Waals surface area (Å²) >= 11 is 0. The first kappa shape index (κ1) is 21.6. The van der Waals surface area contributed by atoms with Crippen LogP contribution in [0.4, 0.5) is 0 Å². The molecule has 0 radical (unpaired) electrons. The van der Waals surface area contributed by atoms with Crippen LogP contribution in [0.3, 0.4) is 0 Å². The maximum Gasteiger partial charge on any atom is 0.267 e. The SMILES string of the molecule is COc1ccc(OC)c(/C=N\NC(=O)[C@H](NC(=O)c2ccccc2)c2ccccc2)c1. The number of ether oxygens (including phenoxy) is 2. The Morgan fingerprint density at radius 1 is 0.903 bits per heavy atom. The number of hydrogen-bond acceptors (Lipinski definition) is 5. The van der Waals surface area contributed by atoms with Crippen LogP contribution in [0, 0.1) is 0 Å². The Labute approximate surface area is 180 Å². The van der Waals surface area contributed by atoms with Crippen LogP contribution in [0.5, 0.6) is 11.5 Å². The lowest BCUT2D eigenvalue weighted by Gasteiger charge is -2.17. The Kier molecular flexibility index (Phi) is 7.37. The van der Waals surface area contributed by atoms with E-state index in [0.29, 0.717) is 28.2 Å². The molecule has 158 valence electrons. The minimum Gasteiger partial charge on any atom is -0.497 e. The summed E-state index contributed by atoms with van der Waals surface area (Å²) in [4.78, 5) is 25.5. The highest BCUT2D eigenvalue weighted by Crippen LogP contribution is 2.22. The van der Waals surface area contributed by atoms with Gasteiger partial charge in [0.15, 0.2) is 0 Å². The van der Waals surface area contributed by atoms with Gasteiger partial charge in [-0.15, -0.1) is 0 Å². The molecule has 0 unspecified atom stereocenters. The summed E-state index contributed by atoms with van der Waals surface area (Å²) in [6.45, 7) is 0. The van der Waals surface area contributed by atoms with Crippen LogP contribution < -0.4 is 20.2 Å². The van der Waals surface area contributed by atoms with Gasteiger partial charge in [0.05, 0.1) is 20.4 Å². The number of amides is 2. The molecule has 7 heteroatoms. The molecule has 0 saturated carbocycles. The Balaban J connectivity index is 1.78. The zero-order valence-electron chi connectivity index (χ0n) is 17.2. The summed E-state index contributed by atoms with van der Waals surface area (Å²) in [6, 6.07) is 22.0. The summed E-state index contributed by atoms with van der Waals surface area (Å²) in [5.74, 6) is 0.373. The monoisotopic (exact) mass is 417 g/mol. The molecule has 0 aliphatic rings. The summed E-state index contributed by atoms with van der Waals surface area (Å²) in [6.07, 6.45) is 1.46. The molecule has 0 saturated heterocycles. The fraction of sp³-hybridized carbons (Fsp3) is 0.125. The third-order valence-electron chi connectivity index (χ3n) is 4.52. The van der Waals surface area contributed by atoms with Crippen molar-refractivity contribution in [2.24, 2.45) is 5.10 Å². The van der Waals surface area contributed by atoms with Gasteiger partial charge in [0.2, 0.25) is 0 Å². The maximum atomic E-state index is 12.9. The van der Waals surface area contributed by atoms with E-state index in [1.165, 1.54) is 6.21 Å². The lowest BCUT2D eigenvalue weighted by Crippen LogP contribution is -2.38. The Morgan fingerprint density at radius 3 is 2.23 bits per heavy atom. The molecule has 1 atom stereocenters. The molecular formula is C24H23N3O4. The number of benzene rings is 3. The van der Waals surface area contributed by atoms with Gasteiger partial charge < -0.3 is 14.8 Å². The van der Waals surface area contributed by atoms with E-state index in [1.807, 2.05) is 12.1 Å². The molecule has 0 aliphatic carbocycles. The Morgan fingerprint density at radius 2 is 1.58 bits per heavy atom. The average Bonchev–Trinajstić information content (AvgIpc) is 2.83. The minimum absolute atomic E-state index is 0.358. The van der Waals surface area contributed by atoms with Crippen molar-refractivity contribution >= 4 is 18.0 Å². The van der Waals surface area contributed by atoms with E-state index in [2.05, 4.69) is 15.8 Å². The quantitative estimate of drug-likeness (QED) is 0.435. The first-order chi connectivity index (χ1) is 15.1. The summed E-state index contributed by atoms with van der Waals surface area (Å²) in [5, 5.41) is 6.81. The minimum atomic E-state index is -0.918.